The van der Waals surface area contributed by atoms with Crippen molar-refractivity contribution in [1.82, 2.24) is 0 Å². The zero-order valence-corrected chi connectivity index (χ0v) is 13.6. The van der Waals surface area contributed by atoms with Gasteiger partial charge in [-0.2, -0.15) is 0 Å². The second-order valence-electron chi connectivity index (χ2n) is 4.16. The number of nitrogens with two attached hydrogens (primary N) is 1. The molecule has 0 saturated carbocycles. The molecule has 0 atom stereocenters. The first-order valence-corrected chi connectivity index (χ1v) is 7.51. The molecule has 0 aliphatic rings. The van der Waals surface area contributed by atoms with Gasteiger partial charge in [-0.05, 0) is 60.7 Å². The van der Waals surface area contributed by atoms with Gasteiger partial charge in [-0.1, -0.05) is 15.9 Å². The highest BCUT2D eigenvalue weighted by Gasteiger charge is 1.97. The Kier molecular flexibility index (Phi) is 5.83. The SMILES string of the molecule is NC(=S)Nc1ccc(OCCOc2ccc(Br)cc2)cc1. The van der Waals surface area contributed by atoms with Crippen molar-refractivity contribution < 1.29 is 9.47 Å². The Morgan fingerprint density at radius 1 is 0.952 bits per heavy atom. The summed E-state index contributed by atoms with van der Waals surface area (Å²) in [6.07, 6.45) is 0. The summed E-state index contributed by atoms with van der Waals surface area (Å²) in [6, 6.07) is 15.1. The summed E-state index contributed by atoms with van der Waals surface area (Å²) >= 11 is 8.14. The van der Waals surface area contributed by atoms with E-state index in [1.165, 1.54) is 0 Å². The fourth-order valence-corrected chi connectivity index (χ4v) is 2.01. The number of halogens is 1. The van der Waals surface area contributed by atoms with Crippen LogP contribution >= 0.6 is 28.1 Å². The molecule has 21 heavy (non-hydrogen) atoms. The number of hydrogen-bond acceptors (Lipinski definition) is 3. The average molecular weight is 367 g/mol. The van der Waals surface area contributed by atoms with E-state index in [9.17, 15) is 0 Å². The van der Waals surface area contributed by atoms with Gasteiger partial charge in [0, 0.05) is 10.2 Å². The molecule has 0 unspecified atom stereocenters. The number of nitrogens with one attached hydrogen (secondary N) is 1. The second-order valence-corrected chi connectivity index (χ2v) is 5.52. The fourth-order valence-electron chi connectivity index (χ4n) is 1.63. The Bertz CT molecular complexity index is 588. The van der Waals surface area contributed by atoms with Crippen LogP contribution < -0.4 is 20.5 Å². The van der Waals surface area contributed by atoms with Gasteiger partial charge in [0.2, 0.25) is 0 Å². The van der Waals surface area contributed by atoms with E-state index in [0.717, 1.165) is 21.7 Å². The Morgan fingerprint density at radius 3 is 1.90 bits per heavy atom. The summed E-state index contributed by atoms with van der Waals surface area (Å²) < 4.78 is 12.2. The highest BCUT2D eigenvalue weighted by molar-refractivity contribution is 9.10. The normalized spacial score (nSPS) is 9.95. The zero-order chi connectivity index (χ0) is 15.1. The summed E-state index contributed by atoms with van der Waals surface area (Å²) in [5.41, 5.74) is 6.23. The zero-order valence-electron chi connectivity index (χ0n) is 11.2. The molecule has 2 aromatic carbocycles. The van der Waals surface area contributed by atoms with Crippen molar-refractivity contribution >= 4 is 38.9 Å². The van der Waals surface area contributed by atoms with Crippen molar-refractivity contribution in [3.05, 3.63) is 53.0 Å². The summed E-state index contributed by atoms with van der Waals surface area (Å²) in [5.74, 6) is 1.58. The van der Waals surface area contributed by atoms with Crippen LogP contribution in [-0.2, 0) is 0 Å². The van der Waals surface area contributed by atoms with Gasteiger partial charge in [0.1, 0.15) is 24.7 Å². The van der Waals surface area contributed by atoms with Crippen LogP contribution in [0.5, 0.6) is 11.5 Å². The highest BCUT2D eigenvalue weighted by atomic mass is 79.9. The van der Waals surface area contributed by atoms with Crippen LogP contribution in [0.15, 0.2) is 53.0 Å². The first-order valence-electron chi connectivity index (χ1n) is 6.31. The van der Waals surface area contributed by atoms with Crippen molar-refractivity contribution in [1.29, 1.82) is 0 Å². The number of anilines is 1. The Balaban J connectivity index is 1.73. The van der Waals surface area contributed by atoms with Gasteiger partial charge in [0.05, 0.1) is 0 Å². The molecule has 0 spiro atoms. The van der Waals surface area contributed by atoms with E-state index in [1.54, 1.807) is 0 Å². The molecule has 0 aliphatic heterocycles. The lowest BCUT2D eigenvalue weighted by Crippen LogP contribution is -2.18. The first kappa shape index (κ1) is 15.6. The van der Waals surface area contributed by atoms with Crippen molar-refractivity contribution in [2.45, 2.75) is 0 Å². The maximum atomic E-state index is 5.59. The van der Waals surface area contributed by atoms with Gasteiger partial charge in [-0.3, -0.25) is 0 Å². The molecule has 4 nitrogen and oxygen atoms in total. The lowest BCUT2D eigenvalue weighted by molar-refractivity contribution is 0.217. The Morgan fingerprint density at radius 2 is 1.43 bits per heavy atom. The molecule has 0 saturated heterocycles. The summed E-state index contributed by atoms with van der Waals surface area (Å²) in [5, 5.41) is 3.09. The van der Waals surface area contributed by atoms with Gasteiger partial charge >= 0.3 is 0 Å². The predicted molar refractivity (Wildman–Crippen MR) is 92.0 cm³/mol. The van der Waals surface area contributed by atoms with Crippen molar-refractivity contribution in [2.75, 3.05) is 18.5 Å². The maximum absolute atomic E-state index is 5.59. The maximum Gasteiger partial charge on any atom is 0.168 e. The molecule has 3 N–H and O–H groups in total. The minimum atomic E-state index is 0.242. The molecule has 0 aliphatic carbocycles. The third-order valence-electron chi connectivity index (χ3n) is 2.56. The number of rotatable bonds is 6. The molecule has 2 aromatic rings. The number of benzene rings is 2. The molecule has 0 amide bonds. The molecule has 0 heterocycles. The predicted octanol–water partition coefficient (Wildman–Crippen LogP) is 3.56. The molecule has 0 fully saturated rings. The third-order valence-corrected chi connectivity index (χ3v) is 3.19. The molecule has 110 valence electrons. The van der Waals surface area contributed by atoms with Gasteiger partial charge < -0.3 is 20.5 Å². The number of thiocarbonyl (C=S) groups is 1. The van der Waals surface area contributed by atoms with Gasteiger partial charge in [0.15, 0.2) is 5.11 Å². The quantitative estimate of drug-likeness (QED) is 0.604. The van der Waals surface area contributed by atoms with E-state index >= 15 is 0 Å². The van der Waals surface area contributed by atoms with Crippen LogP contribution in [0.25, 0.3) is 0 Å². The van der Waals surface area contributed by atoms with Crippen molar-refractivity contribution in [3.63, 3.8) is 0 Å². The molecule has 0 aromatic heterocycles. The van der Waals surface area contributed by atoms with Crippen LogP contribution in [0, 0.1) is 0 Å². The molecule has 0 bridgehead atoms. The van der Waals surface area contributed by atoms with E-state index in [1.807, 2.05) is 48.5 Å². The van der Waals surface area contributed by atoms with Gasteiger partial charge in [-0.25, -0.2) is 0 Å². The largest absolute Gasteiger partial charge is 0.490 e. The molecule has 6 heteroatoms. The van der Waals surface area contributed by atoms with Gasteiger partial charge in [0.25, 0.3) is 0 Å². The topological polar surface area (TPSA) is 56.5 Å². The van der Waals surface area contributed by atoms with E-state index in [2.05, 4.69) is 21.2 Å². The van der Waals surface area contributed by atoms with Crippen LogP contribution in [0.2, 0.25) is 0 Å². The average Bonchev–Trinajstić information content (AvgIpc) is 2.46. The fraction of sp³-hybridized carbons (Fsp3) is 0.133. The van der Waals surface area contributed by atoms with E-state index < -0.39 is 0 Å². The monoisotopic (exact) mass is 366 g/mol. The molecule has 2 rings (SSSR count). The molecule has 0 radical (unpaired) electrons. The molecular formula is C15H15BrN2O2S. The second kappa shape index (κ2) is 7.85. The smallest absolute Gasteiger partial charge is 0.168 e. The third kappa shape index (κ3) is 5.61. The van der Waals surface area contributed by atoms with E-state index in [-0.39, 0.29) is 5.11 Å². The minimum absolute atomic E-state index is 0.242. The number of ether oxygens (including phenoxy) is 2. The van der Waals surface area contributed by atoms with Crippen LogP contribution in [0.4, 0.5) is 5.69 Å². The van der Waals surface area contributed by atoms with Crippen LogP contribution in [0.3, 0.4) is 0 Å². The standard InChI is InChI=1S/C15H15BrN2O2S/c16-11-1-5-13(6-2-11)19-9-10-20-14-7-3-12(4-8-14)18-15(17)21/h1-8H,9-10H2,(H3,17,18,21). The van der Waals surface area contributed by atoms with Gasteiger partial charge in [-0.15, -0.1) is 0 Å². The van der Waals surface area contributed by atoms with Crippen molar-refractivity contribution in [3.8, 4) is 11.5 Å². The lowest BCUT2D eigenvalue weighted by atomic mass is 10.3. The van der Waals surface area contributed by atoms with Crippen LogP contribution in [0.1, 0.15) is 0 Å². The van der Waals surface area contributed by atoms with E-state index in [4.69, 9.17) is 27.4 Å². The first-order chi connectivity index (χ1) is 10.1. The van der Waals surface area contributed by atoms with Crippen LogP contribution in [-0.4, -0.2) is 18.3 Å². The summed E-state index contributed by atoms with van der Waals surface area (Å²) in [7, 11) is 0. The highest BCUT2D eigenvalue weighted by Crippen LogP contribution is 2.17. The Hall–Kier alpha value is -1.79. The number of hydrogen-bond donors (Lipinski definition) is 2. The lowest BCUT2D eigenvalue weighted by Gasteiger charge is -2.09. The summed E-state index contributed by atoms with van der Waals surface area (Å²) in [6.45, 7) is 0.951. The van der Waals surface area contributed by atoms with E-state index in [0.29, 0.717) is 13.2 Å². The van der Waals surface area contributed by atoms with Crippen molar-refractivity contribution in [2.24, 2.45) is 5.73 Å². The molecular weight excluding hydrogens is 352 g/mol. The Labute approximate surface area is 137 Å². The summed E-state index contributed by atoms with van der Waals surface area (Å²) in [4.78, 5) is 0. The minimum Gasteiger partial charge on any atom is -0.490 e.